The third-order valence-corrected chi connectivity index (χ3v) is 3.76. The van der Waals surface area contributed by atoms with Gasteiger partial charge in [-0.15, -0.1) is 0 Å². The fourth-order valence-corrected chi connectivity index (χ4v) is 2.53. The molecule has 0 spiro atoms. The summed E-state index contributed by atoms with van der Waals surface area (Å²) in [4.78, 5) is 12.9. The fraction of sp³-hybridized carbons (Fsp3) is 0.286. The average Bonchev–Trinajstić information content (AvgIpc) is 3.26. The number of fused-ring (bicyclic) bond motifs is 1. The molecule has 21 heavy (non-hydrogen) atoms. The Morgan fingerprint density at radius 3 is 2.90 bits per heavy atom. The third kappa shape index (κ3) is 2.12. The maximum atomic E-state index is 5.86. The van der Waals surface area contributed by atoms with Gasteiger partial charge in [-0.2, -0.15) is 5.10 Å². The standard InChI is InChI=1S/C14H12ClN5O/c1-21-11-7-20-13(19-12(11)8-2-3-8)9(6-17-20)10-4-5-16-14(15)18-10/h4-8H,2-3H2,1H3. The summed E-state index contributed by atoms with van der Waals surface area (Å²) in [6.45, 7) is 0. The van der Waals surface area contributed by atoms with E-state index in [4.69, 9.17) is 21.3 Å². The van der Waals surface area contributed by atoms with Crippen LogP contribution in [0, 0.1) is 0 Å². The van der Waals surface area contributed by atoms with Crippen molar-refractivity contribution < 1.29 is 4.74 Å². The molecule has 1 saturated carbocycles. The molecular formula is C14H12ClN5O. The van der Waals surface area contributed by atoms with Crippen LogP contribution >= 0.6 is 11.6 Å². The average molecular weight is 302 g/mol. The maximum absolute atomic E-state index is 5.86. The van der Waals surface area contributed by atoms with Crippen LogP contribution in [0.1, 0.15) is 24.5 Å². The van der Waals surface area contributed by atoms with Crippen LogP contribution in [-0.2, 0) is 0 Å². The number of methoxy groups -OCH3 is 1. The second-order valence-corrected chi connectivity index (χ2v) is 5.34. The molecule has 0 atom stereocenters. The molecule has 3 aromatic rings. The molecule has 7 heteroatoms. The lowest BCUT2D eigenvalue weighted by atomic mass is 10.2. The zero-order valence-corrected chi connectivity index (χ0v) is 12.1. The van der Waals surface area contributed by atoms with Crippen LogP contribution in [0.4, 0.5) is 0 Å². The Kier molecular flexibility index (Phi) is 2.78. The smallest absolute Gasteiger partial charge is 0.222 e. The monoisotopic (exact) mass is 301 g/mol. The summed E-state index contributed by atoms with van der Waals surface area (Å²) in [5.41, 5.74) is 3.30. The van der Waals surface area contributed by atoms with E-state index in [1.165, 1.54) is 0 Å². The van der Waals surface area contributed by atoms with Crippen molar-refractivity contribution in [2.24, 2.45) is 0 Å². The molecule has 0 bridgehead atoms. The highest BCUT2D eigenvalue weighted by molar-refractivity contribution is 6.28. The summed E-state index contributed by atoms with van der Waals surface area (Å²) in [6.07, 6.45) is 7.53. The first kappa shape index (κ1) is 12.5. The van der Waals surface area contributed by atoms with Crippen molar-refractivity contribution in [3.05, 3.63) is 35.6 Å². The van der Waals surface area contributed by atoms with Gasteiger partial charge in [0.15, 0.2) is 11.4 Å². The van der Waals surface area contributed by atoms with E-state index in [1.54, 1.807) is 30.1 Å². The van der Waals surface area contributed by atoms with Crippen LogP contribution in [0.25, 0.3) is 16.9 Å². The van der Waals surface area contributed by atoms with Gasteiger partial charge >= 0.3 is 0 Å². The SMILES string of the molecule is COc1cn2ncc(-c3ccnc(Cl)n3)c2nc1C1CC1. The second kappa shape index (κ2) is 4.66. The van der Waals surface area contributed by atoms with Crippen molar-refractivity contribution in [2.75, 3.05) is 7.11 Å². The molecule has 0 amide bonds. The molecule has 0 radical (unpaired) electrons. The van der Waals surface area contributed by atoms with Gasteiger partial charge in [-0.1, -0.05) is 0 Å². The van der Waals surface area contributed by atoms with E-state index in [0.717, 1.165) is 35.5 Å². The molecule has 0 saturated heterocycles. The van der Waals surface area contributed by atoms with Gasteiger partial charge in [-0.05, 0) is 30.5 Å². The number of ether oxygens (including phenoxy) is 1. The van der Waals surface area contributed by atoms with Crippen molar-refractivity contribution in [1.82, 2.24) is 24.6 Å². The lowest BCUT2D eigenvalue weighted by Gasteiger charge is -2.07. The topological polar surface area (TPSA) is 65.2 Å². The molecular weight excluding hydrogens is 290 g/mol. The van der Waals surface area contributed by atoms with Crippen molar-refractivity contribution >= 4 is 17.2 Å². The first-order valence-corrected chi connectivity index (χ1v) is 7.05. The molecule has 0 aliphatic heterocycles. The van der Waals surface area contributed by atoms with Crippen molar-refractivity contribution in [1.29, 1.82) is 0 Å². The van der Waals surface area contributed by atoms with E-state index in [9.17, 15) is 0 Å². The zero-order chi connectivity index (χ0) is 14.4. The van der Waals surface area contributed by atoms with E-state index in [0.29, 0.717) is 11.6 Å². The molecule has 3 aromatic heterocycles. The van der Waals surface area contributed by atoms with Gasteiger partial charge in [-0.25, -0.2) is 19.5 Å². The molecule has 1 aliphatic rings. The predicted octanol–water partition coefficient (Wildman–Crippen LogP) is 2.73. The van der Waals surface area contributed by atoms with Gasteiger partial charge in [0, 0.05) is 12.1 Å². The minimum atomic E-state index is 0.211. The summed E-state index contributed by atoms with van der Waals surface area (Å²) in [5.74, 6) is 1.27. The predicted molar refractivity (Wildman–Crippen MR) is 77.6 cm³/mol. The Balaban J connectivity index is 1.93. The van der Waals surface area contributed by atoms with E-state index >= 15 is 0 Å². The number of aromatic nitrogens is 5. The van der Waals surface area contributed by atoms with Crippen LogP contribution < -0.4 is 4.74 Å². The van der Waals surface area contributed by atoms with Gasteiger partial charge in [0.25, 0.3) is 0 Å². The van der Waals surface area contributed by atoms with E-state index in [2.05, 4.69) is 15.1 Å². The highest BCUT2D eigenvalue weighted by Crippen LogP contribution is 2.43. The Morgan fingerprint density at radius 2 is 2.19 bits per heavy atom. The summed E-state index contributed by atoms with van der Waals surface area (Å²) in [5, 5.41) is 4.54. The van der Waals surface area contributed by atoms with Crippen molar-refractivity contribution in [3.8, 4) is 17.0 Å². The quantitative estimate of drug-likeness (QED) is 0.696. The number of nitrogens with zero attached hydrogens (tertiary/aromatic N) is 5. The summed E-state index contributed by atoms with van der Waals surface area (Å²) in [6, 6.07) is 1.80. The number of halogens is 1. The molecule has 1 aliphatic carbocycles. The van der Waals surface area contributed by atoms with Crippen molar-refractivity contribution in [2.45, 2.75) is 18.8 Å². The first-order chi connectivity index (χ1) is 10.3. The summed E-state index contributed by atoms with van der Waals surface area (Å²) < 4.78 is 7.12. The fourth-order valence-electron chi connectivity index (χ4n) is 2.38. The Labute approximate surface area is 125 Å². The Hall–Kier alpha value is -2.21. The molecule has 4 rings (SSSR count). The van der Waals surface area contributed by atoms with Gasteiger partial charge in [0.05, 0.1) is 36.5 Å². The highest BCUT2D eigenvalue weighted by atomic mass is 35.5. The molecule has 6 nitrogen and oxygen atoms in total. The summed E-state index contributed by atoms with van der Waals surface area (Å²) >= 11 is 5.86. The minimum Gasteiger partial charge on any atom is -0.493 e. The molecule has 1 fully saturated rings. The minimum absolute atomic E-state index is 0.211. The van der Waals surface area contributed by atoms with Gasteiger partial charge in [0.1, 0.15) is 0 Å². The Morgan fingerprint density at radius 1 is 1.33 bits per heavy atom. The molecule has 0 N–H and O–H groups in total. The lowest BCUT2D eigenvalue weighted by Crippen LogP contribution is -2.00. The van der Waals surface area contributed by atoms with Gasteiger partial charge in [0.2, 0.25) is 5.28 Å². The highest BCUT2D eigenvalue weighted by Gasteiger charge is 2.29. The summed E-state index contributed by atoms with van der Waals surface area (Å²) in [7, 11) is 1.66. The maximum Gasteiger partial charge on any atom is 0.222 e. The van der Waals surface area contributed by atoms with E-state index < -0.39 is 0 Å². The normalized spacial score (nSPS) is 14.6. The van der Waals surface area contributed by atoms with Crippen LogP contribution in [0.3, 0.4) is 0 Å². The number of hydrogen-bond acceptors (Lipinski definition) is 5. The van der Waals surface area contributed by atoms with Crippen LogP contribution in [0.2, 0.25) is 5.28 Å². The number of hydrogen-bond donors (Lipinski definition) is 0. The second-order valence-electron chi connectivity index (χ2n) is 5.01. The first-order valence-electron chi connectivity index (χ1n) is 6.67. The third-order valence-electron chi connectivity index (χ3n) is 3.57. The van der Waals surface area contributed by atoms with Crippen LogP contribution in [-0.4, -0.2) is 31.7 Å². The molecule has 3 heterocycles. The number of rotatable bonds is 3. The van der Waals surface area contributed by atoms with Crippen LogP contribution in [0.15, 0.2) is 24.7 Å². The van der Waals surface area contributed by atoms with E-state index in [-0.39, 0.29) is 5.28 Å². The van der Waals surface area contributed by atoms with Crippen LogP contribution in [0.5, 0.6) is 5.75 Å². The van der Waals surface area contributed by atoms with Crippen molar-refractivity contribution in [3.63, 3.8) is 0 Å². The molecule has 106 valence electrons. The zero-order valence-electron chi connectivity index (χ0n) is 11.3. The largest absolute Gasteiger partial charge is 0.493 e. The van der Waals surface area contributed by atoms with Gasteiger partial charge < -0.3 is 4.74 Å². The Bertz CT molecular complexity index is 827. The van der Waals surface area contributed by atoms with Gasteiger partial charge in [-0.3, -0.25) is 0 Å². The molecule has 0 aromatic carbocycles. The van der Waals surface area contributed by atoms with E-state index in [1.807, 2.05) is 6.20 Å². The molecule has 0 unspecified atom stereocenters. The lowest BCUT2D eigenvalue weighted by molar-refractivity contribution is 0.403.